The number of carbonyl (C=O) groups is 2. The van der Waals surface area contributed by atoms with E-state index in [2.05, 4.69) is 5.32 Å². The van der Waals surface area contributed by atoms with E-state index in [1.54, 1.807) is 27.7 Å². The predicted molar refractivity (Wildman–Crippen MR) is 72.0 cm³/mol. The monoisotopic (exact) mass is 271 g/mol. The lowest BCUT2D eigenvalue weighted by Gasteiger charge is -2.24. The van der Waals surface area contributed by atoms with Crippen molar-refractivity contribution in [2.24, 2.45) is 5.92 Å². The van der Waals surface area contributed by atoms with Crippen LogP contribution >= 0.6 is 0 Å². The smallest absolute Gasteiger partial charge is 0.408 e. The first-order chi connectivity index (χ1) is 8.53. The van der Waals surface area contributed by atoms with Crippen molar-refractivity contribution in [3.05, 3.63) is 0 Å². The van der Waals surface area contributed by atoms with Crippen LogP contribution in [0.2, 0.25) is 0 Å². The van der Waals surface area contributed by atoms with Crippen LogP contribution in [-0.4, -0.2) is 35.7 Å². The largest absolute Gasteiger partial charge is 0.444 e. The summed E-state index contributed by atoms with van der Waals surface area (Å²) in [5.41, 5.74) is -1.30. The summed E-state index contributed by atoms with van der Waals surface area (Å²) < 4.78 is 10.4. The highest BCUT2D eigenvalue weighted by atomic mass is 16.6. The molecular formula is C14H25NO4. The van der Waals surface area contributed by atoms with Crippen molar-refractivity contribution >= 4 is 11.9 Å². The molecule has 0 unspecified atom stereocenters. The molecule has 1 rings (SSSR count). The Labute approximate surface area is 115 Å². The third-order valence-corrected chi connectivity index (χ3v) is 2.81. The van der Waals surface area contributed by atoms with E-state index in [1.165, 1.54) is 0 Å². The number of ketones is 1. The Morgan fingerprint density at radius 3 is 2.26 bits per heavy atom. The number of nitrogens with one attached hydrogen (secondary N) is 1. The molecule has 0 saturated carbocycles. The maximum atomic E-state index is 12.3. The topological polar surface area (TPSA) is 67.9 Å². The fourth-order valence-corrected chi connectivity index (χ4v) is 1.77. The quantitative estimate of drug-likeness (QED) is 0.779. The molecule has 1 saturated heterocycles. The SMILES string of the molecule is CC(C)C[C@@H](NC(=O)OC(C)(C)C)C(=O)[C@]1(C)CO1. The lowest BCUT2D eigenvalue weighted by atomic mass is 9.93. The molecule has 0 aromatic carbocycles. The number of ether oxygens (including phenoxy) is 2. The van der Waals surface area contributed by atoms with Gasteiger partial charge in [0.2, 0.25) is 0 Å². The normalized spacial score (nSPS) is 23.9. The highest BCUT2D eigenvalue weighted by Gasteiger charge is 2.50. The third kappa shape index (κ3) is 5.19. The summed E-state index contributed by atoms with van der Waals surface area (Å²) >= 11 is 0. The van der Waals surface area contributed by atoms with Gasteiger partial charge in [-0.1, -0.05) is 13.8 Å². The van der Waals surface area contributed by atoms with E-state index in [-0.39, 0.29) is 5.78 Å². The van der Waals surface area contributed by atoms with Crippen molar-refractivity contribution in [2.75, 3.05) is 6.61 Å². The molecule has 1 heterocycles. The third-order valence-electron chi connectivity index (χ3n) is 2.81. The van der Waals surface area contributed by atoms with Crippen molar-refractivity contribution < 1.29 is 19.1 Å². The minimum absolute atomic E-state index is 0.0768. The first-order valence-electron chi connectivity index (χ1n) is 6.71. The lowest BCUT2D eigenvalue weighted by Crippen LogP contribution is -2.48. The number of hydrogen-bond acceptors (Lipinski definition) is 4. The molecule has 0 aliphatic carbocycles. The number of carbonyl (C=O) groups excluding carboxylic acids is 2. The second kappa shape index (κ2) is 5.49. The van der Waals surface area contributed by atoms with Crippen LogP contribution in [0.5, 0.6) is 0 Å². The number of hydrogen-bond donors (Lipinski definition) is 1. The van der Waals surface area contributed by atoms with Gasteiger partial charge in [0, 0.05) is 0 Å². The standard InChI is InChI=1S/C14H25NO4/c1-9(2)7-10(11(16)14(6)8-18-14)15-12(17)19-13(3,4)5/h9-10H,7-8H2,1-6H3,(H,15,17)/t10-,14+/m1/s1. The first-order valence-corrected chi connectivity index (χ1v) is 6.71. The Hall–Kier alpha value is -1.10. The molecule has 1 aliphatic rings. The van der Waals surface area contributed by atoms with Crippen molar-refractivity contribution in [3.8, 4) is 0 Å². The van der Waals surface area contributed by atoms with E-state index in [1.807, 2.05) is 13.8 Å². The summed E-state index contributed by atoms with van der Waals surface area (Å²) in [5.74, 6) is 0.221. The summed E-state index contributed by atoms with van der Waals surface area (Å²) in [6.07, 6.45) is 0.0209. The predicted octanol–water partition coefficient (Wildman–Crippen LogP) is 2.28. The zero-order valence-electron chi connectivity index (χ0n) is 12.7. The summed E-state index contributed by atoms with van der Waals surface area (Å²) in [5, 5.41) is 2.66. The van der Waals surface area contributed by atoms with Gasteiger partial charge >= 0.3 is 6.09 Å². The Bertz CT molecular complexity index is 353. The molecule has 1 amide bonds. The summed E-state index contributed by atoms with van der Waals surface area (Å²) in [7, 11) is 0. The molecule has 1 fully saturated rings. The van der Waals surface area contributed by atoms with Crippen LogP contribution in [0.4, 0.5) is 4.79 Å². The Morgan fingerprint density at radius 2 is 1.89 bits per heavy atom. The second-order valence-corrected chi connectivity index (χ2v) is 6.71. The van der Waals surface area contributed by atoms with E-state index in [0.717, 1.165) is 0 Å². The van der Waals surface area contributed by atoms with Crippen molar-refractivity contribution in [1.29, 1.82) is 0 Å². The number of rotatable bonds is 5. The van der Waals surface area contributed by atoms with Gasteiger partial charge in [-0.25, -0.2) is 4.79 Å². The molecule has 1 N–H and O–H groups in total. The molecule has 0 bridgehead atoms. The van der Waals surface area contributed by atoms with Crippen LogP contribution in [0.3, 0.4) is 0 Å². The summed E-state index contributed by atoms with van der Waals surface area (Å²) in [4.78, 5) is 24.0. The molecule has 5 heteroatoms. The van der Waals surface area contributed by atoms with Crippen LogP contribution in [-0.2, 0) is 14.3 Å². The molecule has 0 radical (unpaired) electrons. The van der Waals surface area contributed by atoms with E-state index in [0.29, 0.717) is 18.9 Å². The van der Waals surface area contributed by atoms with E-state index in [4.69, 9.17) is 9.47 Å². The van der Waals surface area contributed by atoms with Gasteiger partial charge in [0.05, 0.1) is 12.6 Å². The molecule has 0 aromatic heterocycles. The maximum Gasteiger partial charge on any atom is 0.408 e. The molecule has 0 spiro atoms. The van der Waals surface area contributed by atoms with Gasteiger partial charge in [-0.2, -0.15) is 0 Å². The minimum atomic E-state index is -0.728. The molecule has 2 atom stereocenters. The average Bonchev–Trinajstić information content (AvgIpc) is 2.92. The van der Waals surface area contributed by atoms with Crippen LogP contribution in [0.25, 0.3) is 0 Å². The average molecular weight is 271 g/mol. The van der Waals surface area contributed by atoms with E-state index in [9.17, 15) is 9.59 Å². The van der Waals surface area contributed by atoms with Gasteiger partial charge in [0.25, 0.3) is 0 Å². The van der Waals surface area contributed by atoms with Gasteiger partial charge in [0.15, 0.2) is 5.78 Å². The number of Topliss-reactive ketones (excluding diaryl/α,β-unsaturated/α-hetero) is 1. The Balaban J connectivity index is 2.64. The molecule has 5 nitrogen and oxygen atoms in total. The fourth-order valence-electron chi connectivity index (χ4n) is 1.77. The highest BCUT2D eigenvalue weighted by molar-refractivity contribution is 5.95. The van der Waals surface area contributed by atoms with Crippen molar-refractivity contribution in [1.82, 2.24) is 5.32 Å². The van der Waals surface area contributed by atoms with E-state index >= 15 is 0 Å². The Morgan fingerprint density at radius 1 is 1.37 bits per heavy atom. The van der Waals surface area contributed by atoms with Crippen LogP contribution in [0, 0.1) is 5.92 Å². The molecule has 1 aliphatic heterocycles. The number of epoxide rings is 1. The van der Waals surface area contributed by atoms with Gasteiger partial charge in [-0.15, -0.1) is 0 Å². The van der Waals surface area contributed by atoms with Crippen molar-refractivity contribution in [3.63, 3.8) is 0 Å². The van der Waals surface area contributed by atoms with Gasteiger partial charge < -0.3 is 14.8 Å². The number of alkyl carbamates (subject to hydrolysis) is 1. The Kier molecular flexibility index (Phi) is 4.61. The summed E-state index contributed by atoms with van der Waals surface area (Å²) in [6.45, 7) is 11.6. The molecular weight excluding hydrogens is 246 g/mol. The molecule has 110 valence electrons. The summed E-state index contributed by atoms with van der Waals surface area (Å²) in [6, 6.07) is -0.553. The lowest BCUT2D eigenvalue weighted by molar-refractivity contribution is -0.126. The van der Waals surface area contributed by atoms with Crippen LogP contribution in [0.15, 0.2) is 0 Å². The second-order valence-electron chi connectivity index (χ2n) is 6.71. The first kappa shape index (κ1) is 16.0. The van der Waals surface area contributed by atoms with Gasteiger partial charge in [-0.05, 0) is 40.0 Å². The van der Waals surface area contributed by atoms with E-state index < -0.39 is 23.3 Å². The zero-order chi connectivity index (χ0) is 14.8. The molecule has 19 heavy (non-hydrogen) atoms. The molecule has 0 aromatic rings. The fraction of sp³-hybridized carbons (Fsp3) is 0.857. The van der Waals surface area contributed by atoms with Crippen LogP contribution < -0.4 is 5.32 Å². The van der Waals surface area contributed by atoms with Crippen LogP contribution in [0.1, 0.15) is 48.0 Å². The van der Waals surface area contributed by atoms with Gasteiger partial charge in [0.1, 0.15) is 11.2 Å². The number of amides is 1. The van der Waals surface area contributed by atoms with Crippen molar-refractivity contribution in [2.45, 2.75) is 65.2 Å². The van der Waals surface area contributed by atoms with Gasteiger partial charge in [-0.3, -0.25) is 4.79 Å². The zero-order valence-corrected chi connectivity index (χ0v) is 12.7. The minimum Gasteiger partial charge on any atom is -0.444 e. The highest BCUT2D eigenvalue weighted by Crippen LogP contribution is 2.29. The maximum absolute atomic E-state index is 12.3.